The van der Waals surface area contributed by atoms with Gasteiger partial charge in [0.15, 0.2) is 5.82 Å². The average molecular weight is 435 g/mol. The fourth-order valence-electron chi connectivity index (χ4n) is 5.41. The summed E-state index contributed by atoms with van der Waals surface area (Å²) < 4.78 is 17.1. The SMILES string of the molecule is C=C(c1cnc(-c2ccc(-n3ccnc3)cc2O)nn1)[C@H]1C[C@]2(C)C[C@@H](C)CC(N2)[C@@H]1F. The molecular formula is C24H27FN6O. The molecule has 3 aromatic rings. The van der Waals surface area contributed by atoms with Crippen molar-refractivity contribution in [1.29, 1.82) is 0 Å². The van der Waals surface area contributed by atoms with E-state index in [1.165, 1.54) is 0 Å². The summed E-state index contributed by atoms with van der Waals surface area (Å²) >= 11 is 0. The molecule has 8 heteroatoms. The first-order valence-electron chi connectivity index (χ1n) is 11.0. The van der Waals surface area contributed by atoms with E-state index < -0.39 is 6.17 Å². The number of rotatable bonds is 4. The summed E-state index contributed by atoms with van der Waals surface area (Å²) in [4.78, 5) is 8.41. The summed E-state index contributed by atoms with van der Waals surface area (Å²) in [6.45, 7) is 8.53. The number of aromatic nitrogens is 5. The summed E-state index contributed by atoms with van der Waals surface area (Å²) in [6, 6.07) is 5.04. The Kier molecular flexibility index (Phi) is 5.04. The molecule has 1 unspecified atom stereocenters. The lowest BCUT2D eigenvalue weighted by atomic mass is 9.66. The molecule has 0 spiro atoms. The number of alkyl halides is 1. The standard InChI is InChI=1S/C24H27FN6O/c1-14-8-19-22(25)18(11-24(3,10-14)28-19)15(2)20-12-27-23(30-29-20)17-5-4-16(9-21(17)32)31-7-6-26-13-31/h4-7,9,12-14,18-19,22,28,32H,2,8,10-11H2,1,3H3/t14-,18+,19?,22+,24-/m0/s1. The molecule has 1 aromatic carbocycles. The Hall–Kier alpha value is -3.13. The number of phenols is 1. The van der Waals surface area contributed by atoms with Crippen molar-refractivity contribution in [2.45, 2.75) is 50.9 Å². The lowest BCUT2D eigenvalue weighted by Gasteiger charge is -2.51. The lowest BCUT2D eigenvalue weighted by molar-refractivity contribution is 0.0313. The number of benzene rings is 1. The number of imidazole rings is 1. The average Bonchev–Trinajstić information content (AvgIpc) is 3.30. The molecule has 2 bridgehead atoms. The van der Waals surface area contributed by atoms with E-state index in [1.807, 2.05) is 6.07 Å². The van der Waals surface area contributed by atoms with Crippen LogP contribution in [-0.2, 0) is 0 Å². The van der Waals surface area contributed by atoms with Crippen molar-refractivity contribution >= 4 is 5.57 Å². The molecule has 2 fully saturated rings. The van der Waals surface area contributed by atoms with Crippen molar-refractivity contribution in [2.75, 3.05) is 0 Å². The van der Waals surface area contributed by atoms with Gasteiger partial charge >= 0.3 is 0 Å². The van der Waals surface area contributed by atoms with Crippen molar-refractivity contribution in [3.8, 4) is 22.8 Å². The Morgan fingerprint density at radius 3 is 2.84 bits per heavy atom. The first-order valence-corrected chi connectivity index (χ1v) is 11.0. The van der Waals surface area contributed by atoms with Gasteiger partial charge in [-0.05, 0) is 49.8 Å². The van der Waals surface area contributed by atoms with Crippen LogP contribution in [0.15, 0.2) is 49.7 Å². The smallest absolute Gasteiger partial charge is 0.185 e. The maximum absolute atomic E-state index is 15.3. The zero-order valence-electron chi connectivity index (χ0n) is 18.2. The van der Waals surface area contributed by atoms with Crippen molar-refractivity contribution in [1.82, 2.24) is 30.0 Å². The highest BCUT2D eigenvalue weighted by atomic mass is 19.1. The number of halogens is 1. The molecule has 7 nitrogen and oxygen atoms in total. The number of fused-ring (bicyclic) bond motifs is 2. The van der Waals surface area contributed by atoms with Gasteiger partial charge in [0.1, 0.15) is 17.6 Å². The highest BCUT2D eigenvalue weighted by Crippen LogP contribution is 2.44. The van der Waals surface area contributed by atoms with Crippen LogP contribution in [0.4, 0.5) is 4.39 Å². The molecule has 2 aliphatic heterocycles. The van der Waals surface area contributed by atoms with Crippen molar-refractivity contribution in [2.24, 2.45) is 11.8 Å². The van der Waals surface area contributed by atoms with E-state index >= 15 is 4.39 Å². The topological polar surface area (TPSA) is 88.8 Å². The first kappa shape index (κ1) is 20.8. The van der Waals surface area contributed by atoms with Gasteiger partial charge in [0, 0.05) is 36.0 Å². The number of nitrogens with zero attached hydrogens (tertiary/aromatic N) is 5. The quantitative estimate of drug-likeness (QED) is 0.646. The van der Waals surface area contributed by atoms with Gasteiger partial charge in [-0.25, -0.2) is 14.4 Å². The van der Waals surface area contributed by atoms with Crippen LogP contribution in [0.1, 0.15) is 38.8 Å². The van der Waals surface area contributed by atoms with Crippen LogP contribution in [0.3, 0.4) is 0 Å². The van der Waals surface area contributed by atoms with Gasteiger partial charge in [-0.15, -0.1) is 10.2 Å². The monoisotopic (exact) mass is 434 g/mol. The number of hydrogen-bond donors (Lipinski definition) is 2. The minimum atomic E-state index is -1.01. The summed E-state index contributed by atoms with van der Waals surface area (Å²) in [5.41, 5.74) is 2.28. The Balaban J connectivity index is 1.36. The molecule has 0 saturated carbocycles. The minimum Gasteiger partial charge on any atom is -0.507 e. The predicted octanol–water partition coefficient (Wildman–Crippen LogP) is 3.95. The van der Waals surface area contributed by atoms with Crippen LogP contribution in [0, 0.1) is 11.8 Å². The maximum atomic E-state index is 15.3. The van der Waals surface area contributed by atoms with E-state index in [4.69, 9.17) is 0 Å². The van der Waals surface area contributed by atoms with Crippen LogP contribution >= 0.6 is 0 Å². The Morgan fingerprint density at radius 1 is 1.31 bits per heavy atom. The van der Waals surface area contributed by atoms with Gasteiger partial charge in [0.05, 0.1) is 23.8 Å². The van der Waals surface area contributed by atoms with Gasteiger partial charge in [-0.3, -0.25) is 0 Å². The third kappa shape index (κ3) is 3.68. The molecule has 5 rings (SSSR count). The third-order valence-electron chi connectivity index (χ3n) is 6.79. The number of aromatic hydroxyl groups is 1. The molecule has 4 heterocycles. The summed E-state index contributed by atoms with van der Waals surface area (Å²) in [5, 5.41) is 22.5. The van der Waals surface area contributed by atoms with Gasteiger partial charge < -0.3 is 15.0 Å². The van der Waals surface area contributed by atoms with E-state index in [2.05, 4.69) is 45.9 Å². The molecule has 2 N–H and O–H groups in total. The number of nitrogens with one attached hydrogen (secondary N) is 1. The fourth-order valence-corrected chi connectivity index (χ4v) is 5.41. The predicted molar refractivity (Wildman–Crippen MR) is 120 cm³/mol. The largest absolute Gasteiger partial charge is 0.507 e. The van der Waals surface area contributed by atoms with Crippen LogP contribution in [0.2, 0.25) is 0 Å². The van der Waals surface area contributed by atoms with Gasteiger partial charge in [-0.2, -0.15) is 0 Å². The number of piperidine rings is 2. The molecule has 2 aromatic heterocycles. The number of phenolic OH excluding ortho intramolecular Hbond substituents is 1. The van der Waals surface area contributed by atoms with E-state index in [-0.39, 0.29) is 23.2 Å². The van der Waals surface area contributed by atoms with Gasteiger partial charge in [0.2, 0.25) is 0 Å². The molecular weight excluding hydrogens is 407 g/mol. The molecule has 5 atom stereocenters. The summed E-state index contributed by atoms with van der Waals surface area (Å²) in [7, 11) is 0. The molecule has 32 heavy (non-hydrogen) atoms. The van der Waals surface area contributed by atoms with E-state index in [9.17, 15) is 5.11 Å². The summed E-state index contributed by atoms with van der Waals surface area (Å²) in [6.07, 6.45) is 8.20. The van der Waals surface area contributed by atoms with Crippen molar-refractivity contribution in [3.05, 3.63) is 55.4 Å². The summed E-state index contributed by atoms with van der Waals surface area (Å²) in [5.74, 6) is 0.536. The molecule has 166 valence electrons. The molecule has 2 saturated heterocycles. The van der Waals surface area contributed by atoms with Crippen molar-refractivity contribution < 1.29 is 9.50 Å². The molecule has 0 amide bonds. The van der Waals surface area contributed by atoms with Crippen molar-refractivity contribution in [3.63, 3.8) is 0 Å². The van der Waals surface area contributed by atoms with E-state index in [0.29, 0.717) is 35.0 Å². The molecule has 0 aliphatic carbocycles. The van der Waals surface area contributed by atoms with Crippen LogP contribution in [0.5, 0.6) is 5.75 Å². The second-order valence-electron chi connectivity index (χ2n) is 9.48. The first-order chi connectivity index (χ1) is 15.3. The zero-order chi connectivity index (χ0) is 22.5. The van der Waals surface area contributed by atoms with Crippen LogP contribution in [-0.4, -0.2) is 47.6 Å². The van der Waals surface area contributed by atoms with Gasteiger partial charge in [0.25, 0.3) is 0 Å². The lowest BCUT2D eigenvalue weighted by Crippen LogP contribution is -2.63. The minimum absolute atomic E-state index is 0.0432. The third-order valence-corrected chi connectivity index (χ3v) is 6.79. The van der Waals surface area contributed by atoms with E-state index in [1.54, 1.807) is 41.6 Å². The zero-order valence-corrected chi connectivity index (χ0v) is 18.2. The van der Waals surface area contributed by atoms with Crippen LogP contribution < -0.4 is 5.32 Å². The van der Waals surface area contributed by atoms with E-state index in [0.717, 1.165) is 18.5 Å². The number of allylic oxidation sites excluding steroid dienone is 1. The second-order valence-corrected chi connectivity index (χ2v) is 9.48. The highest BCUT2D eigenvalue weighted by molar-refractivity contribution is 5.67. The molecule has 0 radical (unpaired) electrons. The molecule has 2 aliphatic rings. The fraction of sp³-hybridized carbons (Fsp3) is 0.417. The Morgan fingerprint density at radius 2 is 2.16 bits per heavy atom. The van der Waals surface area contributed by atoms with Crippen LogP contribution in [0.25, 0.3) is 22.6 Å². The normalized spacial score (nSPS) is 29.6. The Bertz CT molecular complexity index is 1130. The highest BCUT2D eigenvalue weighted by Gasteiger charge is 2.48. The Labute approximate surface area is 186 Å². The number of hydrogen-bond acceptors (Lipinski definition) is 6. The maximum Gasteiger partial charge on any atom is 0.185 e. The van der Waals surface area contributed by atoms with Gasteiger partial charge in [-0.1, -0.05) is 13.5 Å². The second kappa shape index (κ2) is 7.78.